The Balaban J connectivity index is 1.45. The molecule has 3 aromatic rings. The molecule has 2 amide bonds. The second kappa shape index (κ2) is 10.0. The van der Waals surface area contributed by atoms with Crippen LogP contribution < -0.4 is 4.46 Å². The van der Waals surface area contributed by atoms with E-state index < -0.39 is 10.8 Å². The summed E-state index contributed by atoms with van der Waals surface area (Å²) in [6, 6.07) is 26.4. The van der Waals surface area contributed by atoms with Crippen LogP contribution in [0.4, 0.5) is 0 Å². The third-order valence-electron chi connectivity index (χ3n) is 4.88. The first-order chi connectivity index (χ1) is 15.1. The first-order valence-electron chi connectivity index (χ1n) is 10.0. The Hall–Kier alpha value is -2.79. The minimum absolute atomic E-state index is 0.0719. The molecule has 31 heavy (non-hydrogen) atoms. The molecule has 0 aliphatic carbocycles. The van der Waals surface area contributed by atoms with Gasteiger partial charge in [-0.3, -0.25) is 0 Å². The molecule has 1 heterocycles. The number of nitrogens with zero attached hydrogens (tertiary/aromatic N) is 1. The second-order valence-corrected chi connectivity index (χ2v) is 11.3. The molecule has 0 N–H and O–H groups in total. The van der Waals surface area contributed by atoms with E-state index in [-0.39, 0.29) is 26.8 Å². The topological polar surface area (TPSA) is 54.5 Å². The van der Waals surface area contributed by atoms with E-state index in [9.17, 15) is 13.8 Å². The number of rotatable bonds is 8. The third-order valence-corrected chi connectivity index (χ3v) is 9.33. The molecule has 0 fully saturated rings. The van der Waals surface area contributed by atoms with Crippen molar-refractivity contribution in [3.8, 4) is 0 Å². The summed E-state index contributed by atoms with van der Waals surface area (Å²) in [5, 5.41) is 0. The average molecular weight is 494 g/mol. The van der Waals surface area contributed by atoms with Crippen molar-refractivity contribution in [3.63, 3.8) is 0 Å². The first kappa shape index (κ1) is 21.4. The molecule has 0 spiro atoms. The van der Waals surface area contributed by atoms with Gasteiger partial charge in [0.1, 0.15) is 0 Å². The van der Waals surface area contributed by atoms with E-state index in [0.29, 0.717) is 30.5 Å². The van der Waals surface area contributed by atoms with Crippen molar-refractivity contribution in [2.75, 3.05) is 6.54 Å². The summed E-state index contributed by atoms with van der Waals surface area (Å²) in [5.41, 5.74) is 0.947. The fourth-order valence-corrected chi connectivity index (χ4v) is 7.42. The molecule has 0 aromatic heterocycles. The summed E-state index contributed by atoms with van der Waals surface area (Å²) in [7, 11) is -1.23. The zero-order valence-electron chi connectivity index (χ0n) is 16.8. The zero-order valence-corrected chi connectivity index (χ0v) is 19.3. The molecule has 1 aliphatic heterocycles. The summed E-state index contributed by atoms with van der Waals surface area (Å²) in [6.45, 7) is 0.354. The number of fused-ring (bicyclic) bond motifs is 1. The maximum absolute atomic E-state index is 13.2. The number of carbonyl (C=O) groups excluding carboxylic acids is 2. The Morgan fingerprint density at radius 1 is 0.806 bits per heavy atom. The van der Waals surface area contributed by atoms with Crippen LogP contribution in [0.3, 0.4) is 0 Å². The van der Waals surface area contributed by atoms with Gasteiger partial charge in [-0.1, -0.05) is 0 Å². The molecular formula is C25H21NO3SSe. The minimum atomic E-state index is -1.23. The summed E-state index contributed by atoms with van der Waals surface area (Å²) in [4.78, 5) is 27.1. The van der Waals surface area contributed by atoms with E-state index in [4.69, 9.17) is 0 Å². The van der Waals surface area contributed by atoms with E-state index in [0.717, 1.165) is 13.2 Å². The normalized spacial score (nSPS) is 14.6. The molecule has 0 radical (unpaired) electrons. The summed E-state index contributed by atoms with van der Waals surface area (Å²) >= 11 is -0.0719. The Bertz CT molecular complexity index is 1110. The molecule has 6 heteroatoms. The van der Waals surface area contributed by atoms with Crippen molar-refractivity contribution >= 4 is 42.0 Å². The van der Waals surface area contributed by atoms with Gasteiger partial charge in [0.25, 0.3) is 0 Å². The predicted octanol–water partition coefficient (Wildman–Crippen LogP) is 3.74. The number of unbranched alkanes of at least 4 members (excludes halogenated alkanes) is 1. The number of amides is 2. The van der Waals surface area contributed by atoms with Gasteiger partial charge >= 0.3 is 191 Å². The van der Waals surface area contributed by atoms with Gasteiger partial charge in [0.15, 0.2) is 0 Å². The van der Waals surface area contributed by atoms with Crippen molar-refractivity contribution in [1.29, 1.82) is 0 Å². The van der Waals surface area contributed by atoms with E-state index in [1.54, 1.807) is 24.3 Å². The van der Waals surface area contributed by atoms with Gasteiger partial charge in [-0.05, 0) is 0 Å². The first-order valence-corrected chi connectivity index (χ1v) is 12.9. The molecule has 3 aromatic carbocycles. The van der Waals surface area contributed by atoms with Gasteiger partial charge in [-0.15, -0.1) is 0 Å². The van der Waals surface area contributed by atoms with E-state index in [2.05, 4.69) is 12.1 Å². The Morgan fingerprint density at radius 3 is 1.97 bits per heavy atom. The van der Waals surface area contributed by atoms with Crippen molar-refractivity contribution in [1.82, 2.24) is 4.90 Å². The zero-order chi connectivity index (χ0) is 21.6. The maximum atomic E-state index is 13.2. The number of hydrogen-bond acceptors (Lipinski definition) is 3. The van der Waals surface area contributed by atoms with Crippen LogP contribution in [0, 0.1) is 0 Å². The van der Waals surface area contributed by atoms with Crippen LogP contribution in [0.1, 0.15) is 33.6 Å². The number of carbonyl (C=O) groups is 2. The predicted molar refractivity (Wildman–Crippen MR) is 124 cm³/mol. The summed E-state index contributed by atoms with van der Waals surface area (Å²) in [6.07, 6.45) is 3.30. The molecule has 1 atom stereocenters. The van der Waals surface area contributed by atoms with Crippen LogP contribution in [0.2, 0.25) is 0 Å². The van der Waals surface area contributed by atoms with Gasteiger partial charge in [0.05, 0.1) is 0 Å². The third kappa shape index (κ3) is 4.93. The van der Waals surface area contributed by atoms with Crippen LogP contribution in [-0.4, -0.2) is 42.4 Å². The van der Waals surface area contributed by atoms with E-state index in [1.165, 1.54) is 4.90 Å². The monoisotopic (exact) mass is 495 g/mol. The number of benzene rings is 3. The van der Waals surface area contributed by atoms with Crippen LogP contribution in [0.5, 0.6) is 0 Å². The fraction of sp³-hybridized carbons (Fsp3) is 0.120. The molecule has 1 unspecified atom stereocenters. The van der Waals surface area contributed by atoms with E-state index in [1.807, 2.05) is 54.6 Å². The standard InChI is InChI=1S/C25H21NO3SSe/c27-24-21-15-7-8-16-22(21)25(28)26(24)18-10-9-17-23(31-20-13-5-2-6-14-20)30(29)19-11-3-1-4-12-19/h1-8,11-17H,9-10,18H2/b23-17-. The van der Waals surface area contributed by atoms with Crippen LogP contribution in [0.25, 0.3) is 0 Å². The number of hydrogen-bond donors (Lipinski definition) is 0. The molecule has 0 saturated heterocycles. The molecule has 0 saturated carbocycles. The molecule has 4 nitrogen and oxygen atoms in total. The number of allylic oxidation sites excluding steroid dienone is 1. The van der Waals surface area contributed by atoms with Crippen LogP contribution in [0.15, 0.2) is 99.7 Å². The summed E-state index contributed by atoms with van der Waals surface area (Å²) < 4.78 is 15.2. The van der Waals surface area contributed by atoms with Crippen molar-refractivity contribution < 1.29 is 13.8 Å². The Kier molecular flexibility index (Phi) is 6.92. The number of imide groups is 1. The van der Waals surface area contributed by atoms with Crippen molar-refractivity contribution in [2.24, 2.45) is 0 Å². The average Bonchev–Trinajstić information content (AvgIpc) is 3.06. The summed E-state index contributed by atoms with van der Waals surface area (Å²) in [5.74, 6) is -0.461. The Labute approximate surface area is 190 Å². The van der Waals surface area contributed by atoms with Gasteiger partial charge in [0, 0.05) is 0 Å². The SMILES string of the molecule is O=C1c2ccccc2C(=O)N1CCC/C=C(\[Se]c1ccccc1)S(=O)c1ccccc1. The molecular weight excluding hydrogens is 473 g/mol. The quantitative estimate of drug-likeness (QED) is 0.272. The molecule has 1 aliphatic rings. The van der Waals surface area contributed by atoms with Gasteiger partial charge < -0.3 is 0 Å². The van der Waals surface area contributed by atoms with Gasteiger partial charge in [0.2, 0.25) is 0 Å². The molecule has 0 bridgehead atoms. The molecule has 156 valence electrons. The van der Waals surface area contributed by atoms with Gasteiger partial charge in [-0.2, -0.15) is 0 Å². The second-order valence-electron chi connectivity index (χ2n) is 6.97. The van der Waals surface area contributed by atoms with Crippen molar-refractivity contribution in [2.45, 2.75) is 17.7 Å². The van der Waals surface area contributed by atoms with E-state index >= 15 is 0 Å². The van der Waals surface area contributed by atoms with Crippen LogP contribution in [-0.2, 0) is 10.8 Å². The van der Waals surface area contributed by atoms with Gasteiger partial charge in [-0.25, -0.2) is 0 Å². The fourth-order valence-electron chi connectivity index (χ4n) is 3.33. The van der Waals surface area contributed by atoms with Crippen LogP contribution >= 0.6 is 0 Å². The Morgan fingerprint density at radius 2 is 1.35 bits per heavy atom. The van der Waals surface area contributed by atoms with Crippen molar-refractivity contribution in [3.05, 3.63) is 106 Å². The molecule has 4 rings (SSSR count).